The lowest BCUT2D eigenvalue weighted by atomic mass is 10.2. The van der Waals surface area contributed by atoms with E-state index in [0.717, 1.165) is 16.8 Å². The van der Waals surface area contributed by atoms with Crippen LogP contribution in [0, 0.1) is 12.7 Å². The topological polar surface area (TPSA) is 59.8 Å². The van der Waals surface area contributed by atoms with Gasteiger partial charge < -0.3 is 5.32 Å². The fourth-order valence-electron chi connectivity index (χ4n) is 2.58. The molecule has 0 aliphatic rings. The third kappa shape index (κ3) is 3.63. The Kier molecular flexibility index (Phi) is 4.52. The van der Waals surface area contributed by atoms with Crippen LogP contribution in [-0.4, -0.2) is 20.7 Å². The zero-order valence-corrected chi connectivity index (χ0v) is 15.2. The number of halogens is 1. The summed E-state index contributed by atoms with van der Waals surface area (Å²) in [6, 6.07) is 14.0. The summed E-state index contributed by atoms with van der Waals surface area (Å²) in [7, 11) is 0. The summed E-state index contributed by atoms with van der Waals surface area (Å²) < 4.78 is 15.2. The van der Waals surface area contributed by atoms with Gasteiger partial charge in [0.1, 0.15) is 16.5 Å². The van der Waals surface area contributed by atoms with Gasteiger partial charge in [0.15, 0.2) is 0 Å². The number of aromatic nitrogens is 3. The van der Waals surface area contributed by atoms with Crippen molar-refractivity contribution in [2.75, 3.05) is 5.32 Å². The van der Waals surface area contributed by atoms with E-state index in [9.17, 15) is 9.18 Å². The molecular formula is C20H15FN4OS. The van der Waals surface area contributed by atoms with E-state index in [1.807, 2.05) is 36.5 Å². The van der Waals surface area contributed by atoms with Gasteiger partial charge in [-0.15, -0.1) is 11.3 Å². The average Bonchev–Trinajstić information content (AvgIpc) is 3.35. The van der Waals surface area contributed by atoms with E-state index in [2.05, 4.69) is 15.4 Å². The number of carbonyl (C=O) groups excluding carboxylic acids is 1. The molecule has 0 spiro atoms. The number of para-hydroxylation sites is 1. The number of nitrogens with zero attached hydrogens (tertiary/aromatic N) is 3. The summed E-state index contributed by atoms with van der Waals surface area (Å²) in [5.41, 5.74) is 3.27. The molecule has 0 fully saturated rings. The highest BCUT2D eigenvalue weighted by atomic mass is 32.1. The molecule has 4 aromatic rings. The summed E-state index contributed by atoms with van der Waals surface area (Å²) in [6.07, 6.45) is 3.58. The van der Waals surface area contributed by atoms with E-state index in [-0.39, 0.29) is 11.6 Å². The number of carbonyl (C=O) groups is 1. The Bertz CT molecular complexity index is 1100. The highest BCUT2D eigenvalue weighted by molar-refractivity contribution is 7.13. The van der Waals surface area contributed by atoms with Crippen molar-refractivity contribution in [1.29, 1.82) is 0 Å². The third-order valence-corrected chi connectivity index (χ3v) is 4.93. The smallest absolute Gasteiger partial charge is 0.275 e. The molecule has 0 bridgehead atoms. The quantitative estimate of drug-likeness (QED) is 0.560. The normalized spacial score (nSPS) is 10.7. The van der Waals surface area contributed by atoms with E-state index in [1.54, 1.807) is 29.2 Å². The Morgan fingerprint density at radius 2 is 2.00 bits per heavy atom. The van der Waals surface area contributed by atoms with Gasteiger partial charge in [0.05, 0.1) is 11.9 Å². The molecule has 2 aromatic carbocycles. The molecule has 2 heterocycles. The number of hydrogen-bond donors (Lipinski definition) is 1. The van der Waals surface area contributed by atoms with Gasteiger partial charge in [0.2, 0.25) is 0 Å². The Labute approximate surface area is 159 Å². The van der Waals surface area contributed by atoms with Crippen molar-refractivity contribution in [1.82, 2.24) is 14.8 Å². The van der Waals surface area contributed by atoms with Gasteiger partial charge in [-0.25, -0.2) is 14.1 Å². The largest absolute Gasteiger partial charge is 0.320 e. The molecule has 0 aliphatic carbocycles. The minimum atomic E-state index is -0.400. The van der Waals surface area contributed by atoms with Gasteiger partial charge in [0, 0.05) is 22.8 Å². The Hall–Kier alpha value is -3.32. The SMILES string of the molecule is Cc1ccc(F)cc1NC(=O)c1csc(-c2cnn(-c3ccccc3)c2)n1. The van der Waals surface area contributed by atoms with E-state index < -0.39 is 5.82 Å². The predicted molar refractivity (Wildman–Crippen MR) is 104 cm³/mol. The van der Waals surface area contributed by atoms with Crippen molar-refractivity contribution in [2.24, 2.45) is 0 Å². The maximum Gasteiger partial charge on any atom is 0.275 e. The molecule has 4 rings (SSSR count). The number of nitrogens with one attached hydrogen (secondary N) is 1. The molecule has 134 valence electrons. The number of rotatable bonds is 4. The van der Waals surface area contributed by atoms with Gasteiger partial charge in [0.25, 0.3) is 5.91 Å². The standard InChI is InChI=1S/C20H15FN4OS/c1-13-7-8-15(21)9-17(13)23-19(26)18-12-27-20(24-18)14-10-22-25(11-14)16-5-3-2-4-6-16/h2-12H,1H3,(H,23,26). The predicted octanol–water partition coefficient (Wildman–Crippen LogP) is 4.70. The molecule has 0 radical (unpaired) electrons. The van der Waals surface area contributed by atoms with Crippen molar-refractivity contribution in [3.63, 3.8) is 0 Å². The van der Waals surface area contributed by atoms with Crippen LogP contribution >= 0.6 is 11.3 Å². The molecule has 27 heavy (non-hydrogen) atoms. The molecule has 1 amide bonds. The second kappa shape index (κ2) is 7.13. The first-order valence-electron chi connectivity index (χ1n) is 8.23. The van der Waals surface area contributed by atoms with Crippen LogP contribution < -0.4 is 5.32 Å². The van der Waals surface area contributed by atoms with Crippen LogP contribution in [0.4, 0.5) is 10.1 Å². The summed E-state index contributed by atoms with van der Waals surface area (Å²) in [5, 5.41) is 9.43. The molecular weight excluding hydrogens is 363 g/mol. The van der Waals surface area contributed by atoms with Crippen molar-refractivity contribution in [3.8, 4) is 16.3 Å². The van der Waals surface area contributed by atoms with Crippen molar-refractivity contribution in [3.05, 3.63) is 83.4 Å². The summed E-state index contributed by atoms with van der Waals surface area (Å²) in [6.45, 7) is 1.81. The van der Waals surface area contributed by atoms with E-state index in [0.29, 0.717) is 10.7 Å². The minimum absolute atomic E-state index is 0.283. The van der Waals surface area contributed by atoms with Crippen molar-refractivity contribution >= 4 is 22.9 Å². The second-order valence-corrected chi connectivity index (χ2v) is 6.82. The molecule has 0 saturated carbocycles. The van der Waals surface area contributed by atoms with E-state index >= 15 is 0 Å². The number of aryl methyl sites for hydroxylation is 1. The lowest BCUT2D eigenvalue weighted by molar-refractivity contribution is 0.102. The molecule has 0 atom stereocenters. The van der Waals surface area contributed by atoms with E-state index in [1.165, 1.54) is 23.5 Å². The van der Waals surface area contributed by atoms with Gasteiger partial charge in [-0.1, -0.05) is 24.3 Å². The summed E-state index contributed by atoms with van der Waals surface area (Å²) >= 11 is 1.36. The zero-order valence-electron chi connectivity index (χ0n) is 14.4. The monoisotopic (exact) mass is 378 g/mol. The molecule has 0 aliphatic heterocycles. The van der Waals surface area contributed by atoms with E-state index in [4.69, 9.17) is 0 Å². The molecule has 2 aromatic heterocycles. The lowest BCUT2D eigenvalue weighted by Gasteiger charge is -2.06. The van der Waals surface area contributed by atoms with Crippen LogP contribution in [0.2, 0.25) is 0 Å². The molecule has 7 heteroatoms. The van der Waals surface area contributed by atoms with Crippen LogP contribution in [-0.2, 0) is 0 Å². The summed E-state index contributed by atoms with van der Waals surface area (Å²) in [5.74, 6) is -0.773. The first-order valence-corrected chi connectivity index (χ1v) is 9.11. The average molecular weight is 378 g/mol. The van der Waals surface area contributed by atoms with Crippen LogP contribution in [0.15, 0.2) is 66.3 Å². The summed E-state index contributed by atoms with van der Waals surface area (Å²) in [4.78, 5) is 16.8. The Morgan fingerprint density at radius 3 is 2.81 bits per heavy atom. The van der Waals surface area contributed by atoms with Gasteiger partial charge in [-0.2, -0.15) is 5.10 Å². The highest BCUT2D eigenvalue weighted by Gasteiger charge is 2.14. The van der Waals surface area contributed by atoms with Gasteiger partial charge in [-0.05, 0) is 36.8 Å². The molecule has 0 unspecified atom stereocenters. The van der Waals surface area contributed by atoms with Crippen LogP contribution in [0.25, 0.3) is 16.3 Å². The highest BCUT2D eigenvalue weighted by Crippen LogP contribution is 2.25. The number of amides is 1. The van der Waals surface area contributed by atoms with Gasteiger partial charge >= 0.3 is 0 Å². The number of anilines is 1. The number of benzene rings is 2. The number of hydrogen-bond acceptors (Lipinski definition) is 4. The Morgan fingerprint density at radius 1 is 1.19 bits per heavy atom. The molecule has 5 nitrogen and oxygen atoms in total. The fourth-order valence-corrected chi connectivity index (χ4v) is 3.36. The van der Waals surface area contributed by atoms with Crippen LogP contribution in [0.5, 0.6) is 0 Å². The Balaban J connectivity index is 1.54. The third-order valence-electron chi connectivity index (χ3n) is 4.03. The zero-order chi connectivity index (χ0) is 18.8. The maximum absolute atomic E-state index is 13.4. The van der Waals surface area contributed by atoms with Crippen molar-refractivity contribution < 1.29 is 9.18 Å². The first-order chi connectivity index (χ1) is 13.1. The van der Waals surface area contributed by atoms with Crippen LogP contribution in [0.3, 0.4) is 0 Å². The van der Waals surface area contributed by atoms with Gasteiger partial charge in [-0.3, -0.25) is 4.79 Å². The molecule has 1 N–H and O–H groups in total. The minimum Gasteiger partial charge on any atom is -0.320 e. The number of thiazole rings is 1. The first kappa shape index (κ1) is 17.1. The lowest BCUT2D eigenvalue weighted by Crippen LogP contribution is -2.13. The van der Waals surface area contributed by atoms with Crippen molar-refractivity contribution in [2.45, 2.75) is 6.92 Å². The maximum atomic E-state index is 13.4. The molecule has 0 saturated heterocycles. The van der Waals surface area contributed by atoms with Crippen LogP contribution in [0.1, 0.15) is 16.1 Å². The second-order valence-electron chi connectivity index (χ2n) is 5.96. The fraction of sp³-hybridized carbons (Fsp3) is 0.0500.